The zero-order valence-corrected chi connectivity index (χ0v) is 21.3. The number of rotatable bonds is 9. The highest BCUT2D eigenvalue weighted by Crippen LogP contribution is 2.25. The van der Waals surface area contributed by atoms with E-state index in [0.717, 1.165) is 33.2 Å². The van der Waals surface area contributed by atoms with E-state index in [2.05, 4.69) is 35.9 Å². The first-order valence-electron chi connectivity index (χ1n) is 11.9. The van der Waals surface area contributed by atoms with E-state index in [-0.39, 0.29) is 12.3 Å². The van der Waals surface area contributed by atoms with Crippen molar-refractivity contribution in [2.45, 2.75) is 19.9 Å². The molecule has 38 heavy (non-hydrogen) atoms. The minimum absolute atomic E-state index is 0.115. The largest absolute Gasteiger partial charge is 0.378 e. The molecule has 0 aliphatic heterocycles. The molecule has 0 fully saturated rings. The molecule has 5 aromatic rings. The first kappa shape index (κ1) is 25.0. The lowest BCUT2D eigenvalue weighted by Crippen LogP contribution is -2.14. The molecule has 0 unspecified atom stereocenters. The molecule has 190 valence electrons. The lowest BCUT2D eigenvalue weighted by Gasteiger charge is -2.12. The zero-order valence-electron chi connectivity index (χ0n) is 20.5. The Morgan fingerprint density at radius 1 is 1.00 bits per heavy atom. The third kappa shape index (κ3) is 6.54. The van der Waals surface area contributed by atoms with Crippen LogP contribution < -0.4 is 16.0 Å². The fraction of sp³-hybridized carbons (Fsp3) is 0.107. The van der Waals surface area contributed by atoms with E-state index < -0.39 is 5.82 Å². The van der Waals surface area contributed by atoms with Gasteiger partial charge in [-0.2, -0.15) is 0 Å². The molecule has 3 N–H and O–H groups in total. The van der Waals surface area contributed by atoms with Crippen molar-refractivity contribution >= 4 is 40.3 Å². The molecular formula is C28H24FN7OS. The molecule has 3 heterocycles. The third-order valence-electron chi connectivity index (χ3n) is 5.59. The van der Waals surface area contributed by atoms with Crippen LogP contribution in [0.2, 0.25) is 0 Å². The molecule has 0 spiro atoms. The fourth-order valence-corrected chi connectivity index (χ4v) is 4.44. The first-order valence-corrected chi connectivity index (χ1v) is 12.7. The summed E-state index contributed by atoms with van der Waals surface area (Å²) < 4.78 is 13.3. The number of halogens is 1. The Balaban J connectivity index is 1.19. The maximum Gasteiger partial charge on any atom is 0.230 e. The summed E-state index contributed by atoms with van der Waals surface area (Å²) in [6.07, 6.45) is 5.32. The van der Waals surface area contributed by atoms with Gasteiger partial charge in [-0.05, 0) is 61.0 Å². The Bertz CT molecular complexity index is 1560. The van der Waals surface area contributed by atoms with Crippen molar-refractivity contribution in [3.63, 3.8) is 0 Å². The van der Waals surface area contributed by atoms with Gasteiger partial charge in [0.15, 0.2) is 0 Å². The Kier molecular flexibility index (Phi) is 7.60. The second-order valence-electron chi connectivity index (χ2n) is 8.48. The topological polar surface area (TPSA) is 105 Å². The minimum Gasteiger partial charge on any atom is -0.378 e. The van der Waals surface area contributed by atoms with Crippen molar-refractivity contribution in [2.75, 3.05) is 16.0 Å². The van der Waals surface area contributed by atoms with Gasteiger partial charge in [-0.3, -0.25) is 9.78 Å². The van der Waals surface area contributed by atoms with Gasteiger partial charge in [-0.1, -0.05) is 12.1 Å². The number of aromatic nitrogens is 4. The summed E-state index contributed by atoms with van der Waals surface area (Å²) in [6, 6.07) is 17.5. The number of hydrogen-bond donors (Lipinski definition) is 3. The molecule has 0 radical (unpaired) electrons. The highest BCUT2D eigenvalue weighted by Gasteiger charge is 2.10. The first-order chi connectivity index (χ1) is 18.5. The lowest BCUT2D eigenvalue weighted by atomic mass is 10.2. The summed E-state index contributed by atoms with van der Waals surface area (Å²) in [5.74, 6) is -0.151. The molecule has 5 rings (SSSR count). The second-order valence-corrected chi connectivity index (χ2v) is 9.43. The van der Waals surface area contributed by atoms with E-state index >= 15 is 0 Å². The molecule has 0 bridgehead atoms. The SMILES string of the molecule is Cc1ccc(NCc2nc(CC(=O)Nc3cccc(F)c3)cs2)cc1Nc1nccc(-c2cccnc2)n1. The van der Waals surface area contributed by atoms with Gasteiger partial charge in [0.2, 0.25) is 11.9 Å². The second kappa shape index (κ2) is 11.6. The van der Waals surface area contributed by atoms with Gasteiger partial charge < -0.3 is 16.0 Å². The number of carbonyl (C=O) groups is 1. The van der Waals surface area contributed by atoms with Crippen LogP contribution in [0.5, 0.6) is 0 Å². The van der Waals surface area contributed by atoms with Crippen LogP contribution in [0.4, 0.5) is 27.4 Å². The highest BCUT2D eigenvalue weighted by atomic mass is 32.1. The molecule has 2 aromatic carbocycles. The van der Waals surface area contributed by atoms with Crippen molar-refractivity contribution < 1.29 is 9.18 Å². The number of hydrogen-bond acceptors (Lipinski definition) is 8. The summed E-state index contributed by atoms with van der Waals surface area (Å²) in [7, 11) is 0. The molecule has 0 atom stereocenters. The van der Waals surface area contributed by atoms with Gasteiger partial charge in [-0.25, -0.2) is 19.3 Å². The smallest absolute Gasteiger partial charge is 0.230 e. The number of benzene rings is 2. The maximum absolute atomic E-state index is 13.3. The molecule has 8 nitrogen and oxygen atoms in total. The number of anilines is 4. The number of thiazole rings is 1. The normalized spacial score (nSPS) is 10.7. The molecule has 0 aliphatic carbocycles. The summed E-state index contributed by atoms with van der Waals surface area (Å²) in [5.41, 5.74) is 5.62. The predicted molar refractivity (Wildman–Crippen MR) is 148 cm³/mol. The quantitative estimate of drug-likeness (QED) is 0.217. The number of aryl methyl sites for hydroxylation is 1. The molecule has 10 heteroatoms. The van der Waals surface area contributed by atoms with Crippen LogP contribution in [0.15, 0.2) is 84.6 Å². The van der Waals surface area contributed by atoms with E-state index in [1.807, 2.05) is 48.7 Å². The van der Waals surface area contributed by atoms with Crippen molar-refractivity contribution in [1.82, 2.24) is 19.9 Å². The number of amides is 1. The zero-order chi connectivity index (χ0) is 26.3. The number of carbonyl (C=O) groups excluding carboxylic acids is 1. The van der Waals surface area contributed by atoms with Gasteiger partial charge in [0.05, 0.1) is 24.4 Å². The average Bonchev–Trinajstić information content (AvgIpc) is 3.37. The standard InChI is InChI=1S/C28H24FN7OS/c1-18-7-8-21(13-25(18)36-28-31-11-9-24(35-28)19-4-3-10-30-15-19)32-16-27-34-23(17-38-27)14-26(37)33-22-6-2-5-20(29)12-22/h2-13,15,17,32H,14,16H2,1H3,(H,33,37)(H,31,35,36). The molecule has 3 aromatic heterocycles. The van der Waals surface area contributed by atoms with Crippen LogP contribution in [0.1, 0.15) is 16.3 Å². The van der Waals surface area contributed by atoms with Crippen LogP contribution in [0.25, 0.3) is 11.3 Å². The van der Waals surface area contributed by atoms with Crippen LogP contribution in [-0.2, 0) is 17.8 Å². The fourth-order valence-electron chi connectivity index (χ4n) is 3.71. The number of nitrogens with zero attached hydrogens (tertiary/aromatic N) is 4. The Morgan fingerprint density at radius 3 is 2.76 bits per heavy atom. The van der Waals surface area contributed by atoms with Crippen LogP contribution in [0.3, 0.4) is 0 Å². The van der Waals surface area contributed by atoms with E-state index in [4.69, 9.17) is 0 Å². The molecular weight excluding hydrogens is 501 g/mol. The van der Waals surface area contributed by atoms with Gasteiger partial charge in [0.25, 0.3) is 0 Å². The summed E-state index contributed by atoms with van der Waals surface area (Å²) in [6.45, 7) is 2.52. The molecule has 0 saturated carbocycles. The van der Waals surface area contributed by atoms with Crippen molar-refractivity contribution in [1.29, 1.82) is 0 Å². The monoisotopic (exact) mass is 525 g/mol. The third-order valence-corrected chi connectivity index (χ3v) is 6.49. The Morgan fingerprint density at radius 2 is 1.92 bits per heavy atom. The van der Waals surface area contributed by atoms with Crippen molar-refractivity contribution in [2.24, 2.45) is 0 Å². The van der Waals surface area contributed by atoms with Gasteiger partial charge >= 0.3 is 0 Å². The minimum atomic E-state index is -0.398. The maximum atomic E-state index is 13.3. The van der Waals surface area contributed by atoms with E-state index in [0.29, 0.717) is 23.9 Å². The summed E-state index contributed by atoms with van der Waals surface area (Å²) in [4.78, 5) is 30.0. The Hall–Kier alpha value is -4.70. The summed E-state index contributed by atoms with van der Waals surface area (Å²) in [5, 5.41) is 12.1. The predicted octanol–water partition coefficient (Wildman–Crippen LogP) is 5.98. The van der Waals surface area contributed by atoms with Crippen LogP contribution >= 0.6 is 11.3 Å². The highest BCUT2D eigenvalue weighted by molar-refractivity contribution is 7.09. The lowest BCUT2D eigenvalue weighted by molar-refractivity contribution is -0.115. The van der Waals surface area contributed by atoms with Gasteiger partial charge in [-0.15, -0.1) is 11.3 Å². The average molecular weight is 526 g/mol. The van der Waals surface area contributed by atoms with Crippen molar-refractivity contribution in [3.8, 4) is 11.3 Å². The Labute approximate surface area is 223 Å². The van der Waals surface area contributed by atoms with Crippen molar-refractivity contribution in [3.05, 3.63) is 107 Å². The van der Waals surface area contributed by atoms with E-state index in [1.165, 1.54) is 23.5 Å². The van der Waals surface area contributed by atoms with Crippen LogP contribution in [-0.4, -0.2) is 25.8 Å². The summed E-state index contributed by atoms with van der Waals surface area (Å²) >= 11 is 1.47. The molecule has 1 amide bonds. The van der Waals surface area contributed by atoms with Crippen LogP contribution in [0, 0.1) is 12.7 Å². The molecule has 0 aliphatic rings. The van der Waals surface area contributed by atoms with Gasteiger partial charge in [0, 0.05) is 46.6 Å². The van der Waals surface area contributed by atoms with E-state index in [1.54, 1.807) is 30.7 Å². The van der Waals surface area contributed by atoms with E-state index in [9.17, 15) is 9.18 Å². The number of nitrogens with one attached hydrogen (secondary N) is 3. The van der Waals surface area contributed by atoms with Gasteiger partial charge in [0.1, 0.15) is 10.8 Å². The molecule has 0 saturated heterocycles. The number of pyridine rings is 1.